The normalized spacial score (nSPS) is 11.8. The Morgan fingerprint density at radius 1 is 0.254 bits per heavy atom. The minimum atomic E-state index is 1.15. The molecule has 0 atom stereocenters. The molecular weight excluding hydrogens is 781 g/mol. The summed E-state index contributed by atoms with van der Waals surface area (Å²) in [5, 5.41) is 7.64. The first-order valence-electron chi connectivity index (χ1n) is 21.6. The van der Waals surface area contributed by atoms with Gasteiger partial charge < -0.3 is 9.13 Å². The minimum Gasteiger partial charge on any atom is -0.309 e. The van der Waals surface area contributed by atoms with Crippen LogP contribution in [0.25, 0.3) is 120 Å². The van der Waals surface area contributed by atoms with E-state index in [0.29, 0.717) is 0 Å². The molecule has 0 aliphatic heterocycles. The van der Waals surface area contributed by atoms with E-state index in [9.17, 15) is 0 Å². The first-order valence-corrected chi connectivity index (χ1v) is 22.4. The van der Waals surface area contributed by atoms with Crippen LogP contribution in [0.3, 0.4) is 0 Å². The Morgan fingerprint density at radius 2 is 0.714 bits per heavy atom. The van der Waals surface area contributed by atoms with E-state index in [-0.39, 0.29) is 0 Å². The van der Waals surface area contributed by atoms with E-state index in [1.807, 2.05) is 11.3 Å². The van der Waals surface area contributed by atoms with E-state index >= 15 is 0 Å². The number of para-hydroxylation sites is 2. The van der Waals surface area contributed by atoms with E-state index in [1.54, 1.807) is 0 Å². The highest BCUT2D eigenvalue weighted by Gasteiger charge is 2.19. The highest BCUT2D eigenvalue weighted by molar-refractivity contribution is 7.25. The number of nitrogens with zero attached hydrogens (tertiary/aromatic N) is 2. The molecule has 3 aromatic heterocycles. The maximum absolute atomic E-state index is 2.45. The van der Waals surface area contributed by atoms with Gasteiger partial charge in [0.25, 0.3) is 0 Å². The first-order chi connectivity index (χ1) is 31.2. The third-order valence-corrected chi connectivity index (χ3v) is 14.1. The number of hydrogen-bond donors (Lipinski definition) is 0. The standard InChI is InChI=1S/C60H38N2S/c1-3-13-39(14-4-1)42-26-32-56(51(35-42)41-15-5-2-6-16-41)62-55-21-11-8-18-48(55)53-37-44(28-34-58(53)62)43-27-33-57-52(36-43)47-17-7-10-20-54(47)61(57)46-29-23-40(24-30-46)45-25-31-50-49-19-9-12-22-59(49)63-60(50)38-45/h1-38H. The van der Waals surface area contributed by atoms with Gasteiger partial charge in [0.1, 0.15) is 0 Å². The average Bonchev–Trinajstić information content (AvgIpc) is 4.01. The summed E-state index contributed by atoms with van der Waals surface area (Å²) >= 11 is 1.87. The molecule has 63 heavy (non-hydrogen) atoms. The Balaban J connectivity index is 0.912. The summed E-state index contributed by atoms with van der Waals surface area (Å²) in [5.41, 5.74) is 16.8. The van der Waals surface area contributed by atoms with Gasteiger partial charge in [0, 0.05) is 53.0 Å². The van der Waals surface area contributed by atoms with Gasteiger partial charge in [-0.2, -0.15) is 0 Å². The van der Waals surface area contributed by atoms with Crippen LogP contribution in [-0.2, 0) is 0 Å². The molecule has 13 aromatic rings. The number of hydrogen-bond acceptors (Lipinski definition) is 1. The molecule has 0 unspecified atom stereocenters. The summed E-state index contributed by atoms with van der Waals surface area (Å²) in [7, 11) is 0. The Kier molecular flexibility index (Phi) is 8.12. The minimum absolute atomic E-state index is 1.15. The van der Waals surface area contributed by atoms with Gasteiger partial charge >= 0.3 is 0 Å². The highest BCUT2D eigenvalue weighted by atomic mass is 32.1. The Hall–Kier alpha value is -7.98. The van der Waals surface area contributed by atoms with Crippen molar-refractivity contribution in [3.8, 4) is 55.9 Å². The van der Waals surface area contributed by atoms with Crippen LogP contribution in [0.15, 0.2) is 231 Å². The topological polar surface area (TPSA) is 9.86 Å². The van der Waals surface area contributed by atoms with Crippen molar-refractivity contribution in [2.45, 2.75) is 0 Å². The van der Waals surface area contributed by atoms with Gasteiger partial charge in [0.05, 0.1) is 27.8 Å². The lowest BCUT2D eigenvalue weighted by atomic mass is 9.97. The first kappa shape index (κ1) is 35.7. The van der Waals surface area contributed by atoms with Crippen molar-refractivity contribution in [3.63, 3.8) is 0 Å². The zero-order valence-corrected chi connectivity index (χ0v) is 35.1. The Labute approximate surface area is 368 Å². The second-order valence-electron chi connectivity index (χ2n) is 16.5. The second-order valence-corrected chi connectivity index (χ2v) is 17.6. The fourth-order valence-corrected chi connectivity index (χ4v) is 11.1. The zero-order valence-electron chi connectivity index (χ0n) is 34.2. The summed E-state index contributed by atoms with van der Waals surface area (Å²) in [6, 6.07) is 84.7. The molecule has 3 heteroatoms. The number of fused-ring (bicyclic) bond motifs is 9. The summed E-state index contributed by atoms with van der Waals surface area (Å²) < 4.78 is 7.53. The molecule has 0 amide bonds. The molecule has 0 radical (unpaired) electrons. The predicted molar refractivity (Wildman–Crippen MR) is 270 cm³/mol. The largest absolute Gasteiger partial charge is 0.309 e. The maximum atomic E-state index is 2.45. The van der Waals surface area contributed by atoms with Crippen LogP contribution >= 0.6 is 11.3 Å². The maximum Gasteiger partial charge on any atom is 0.0541 e. The van der Waals surface area contributed by atoms with Crippen LogP contribution in [0.1, 0.15) is 0 Å². The molecule has 294 valence electrons. The molecule has 0 saturated carbocycles. The van der Waals surface area contributed by atoms with Crippen LogP contribution < -0.4 is 0 Å². The molecule has 0 spiro atoms. The van der Waals surface area contributed by atoms with E-state index in [4.69, 9.17) is 0 Å². The molecule has 0 aliphatic carbocycles. The van der Waals surface area contributed by atoms with Gasteiger partial charge in [0.2, 0.25) is 0 Å². The number of rotatable bonds is 6. The molecule has 3 heterocycles. The van der Waals surface area contributed by atoms with Crippen molar-refractivity contribution in [2.24, 2.45) is 0 Å². The van der Waals surface area contributed by atoms with Crippen molar-refractivity contribution in [1.29, 1.82) is 0 Å². The van der Waals surface area contributed by atoms with Crippen LogP contribution in [0.4, 0.5) is 0 Å². The molecule has 0 fully saturated rings. The van der Waals surface area contributed by atoms with Crippen LogP contribution in [0.2, 0.25) is 0 Å². The number of aromatic nitrogens is 2. The lowest BCUT2D eigenvalue weighted by Crippen LogP contribution is -1.98. The smallest absolute Gasteiger partial charge is 0.0541 e. The van der Waals surface area contributed by atoms with Crippen LogP contribution in [-0.4, -0.2) is 9.13 Å². The summed E-state index contributed by atoms with van der Waals surface area (Å²) in [6.45, 7) is 0. The molecule has 0 aliphatic rings. The van der Waals surface area contributed by atoms with Crippen molar-refractivity contribution < 1.29 is 0 Å². The van der Waals surface area contributed by atoms with Gasteiger partial charge in [0.15, 0.2) is 0 Å². The average molecular weight is 819 g/mol. The SMILES string of the molecule is c1ccc(-c2ccc(-n3c4ccccc4c4cc(-c5ccc6c(c5)c5ccccc5n6-c5ccc(-c6ccc7c(c6)sc6ccccc67)cc5)ccc43)c(-c3ccccc3)c2)cc1. The number of thiophene rings is 1. The summed E-state index contributed by atoms with van der Waals surface area (Å²) in [4.78, 5) is 0. The Morgan fingerprint density at radius 3 is 1.41 bits per heavy atom. The quantitative estimate of drug-likeness (QED) is 0.158. The third-order valence-electron chi connectivity index (χ3n) is 12.9. The van der Waals surface area contributed by atoms with E-state index in [1.165, 1.54) is 114 Å². The molecule has 0 saturated heterocycles. The van der Waals surface area contributed by atoms with E-state index < -0.39 is 0 Å². The molecule has 0 bridgehead atoms. The van der Waals surface area contributed by atoms with E-state index in [0.717, 1.165) is 5.69 Å². The highest BCUT2D eigenvalue weighted by Crippen LogP contribution is 2.42. The fraction of sp³-hybridized carbons (Fsp3) is 0. The molecule has 13 rings (SSSR count). The summed E-state index contributed by atoms with van der Waals surface area (Å²) in [6.07, 6.45) is 0. The van der Waals surface area contributed by atoms with Gasteiger partial charge in [-0.1, -0.05) is 158 Å². The van der Waals surface area contributed by atoms with Gasteiger partial charge in [-0.15, -0.1) is 11.3 Å². The van der Waals surface area contributed by atoms with Crippen molar-refractivity contribution in [2.75, 3.05) is 0 Å². The monoisotopic (exact) mass is 818 g/mol. The molecule has 2 nitrogen and oxygen atoms in total. The van der Waals surface area contributed by atoms with Gasteiger partial charge in [-0.3, -0.25) is 0 Å². The lowest BCUT2D eigenvalue weighted by Gasteiger charge is -2.16. The molecule has 0 N–H and O–H groups in total. The van der Waals surface area contributed by atoms with Crippen LogP contribution in [0.5, 0.6) is 0 Å². The van der Waals surface area contributed by atoms with Gasteiger partial charge in [-0.25, -0.2) is 0 Å². The Bertz CT molecular complexity index is 3890. The molecular formula is C60H38N2S. The van der Waals surface area contributed by atoms with Crippen molar-refractivity contribution in [1.82, 2.24) is 9.13 Å². The van der Waals surface area contributed by atoms with Crippen molar-refractivity contribution >= 4 is 75.1 Å². The fourth-order valence-electron chi connectivity index (χ4n) is 9.94. The van der Waals surface area contributed by atoms with Gasteiger partial charge in [-0.05, 0) is 112 Å². The van der Waals surface area contributed by atoms with Crippen molar-refractivity contribution in [3.05, 3.63) is 231 Å². The van der Waals surface area contributed by atoms with Crippen LogP contribution in [0, 0.1) is 0 Å². The molecule has 10 aromatic carbocycles. The zero-order chi connectivity index (χ0) is 41.4. The van der Waals surface area contributed by atoms with E-state index in [2.05, 4.69) is 240 Å². The summed E-state index contributed by atoms with van der Waals surface area (Å²) in [5.74, 6) is 0. The third kappa shape index (κ3) is 5.78. The second kappa shape index (κ2) is 14.3. The predicted octanol–water partition coefficient (Wildman–Crippen LogP) is 16.9. The number of benzene rings is 10. The lowest BCUT2D eigenvalue weighted by molar-refractivity contribution is 1.18.